The summed E-state index contributed by atoms with van der Waals surface area (Å²) in [6, 6.07) is 8.84. The summed E-state index contributed by atoms with van der Waals surface area (Å²) in [5, 5.41) is 14.9. The molecule has 1 aliphatic rings. The topological polar surface area (TPSA) is 131 Å². The number of urea groups is 1. The molecular formula is C21H22N2O7S. The largest absolute Gasteiger partial charge is 0.504 e. The van der Waals surface area contributed by atoms with Crippen LogP contribution in [0, 0.1) is 6.92 Å². The van der Waals surface area contributed by atoms with Crippen molar-refractivity contribution in [2.24, 2.45) is 0 Å². The summed E-state index contributed by atoms with van der Waals surface area (Å²) in [5.74, 6) is -1.42. The summed E-state index contributed by atoms with van der Waals surface area (Å²) >= 11 is 0. The predicted molar refractivity (Wildman–Crippen MR) is 111 cm³/mol. The normalized spacial score (nSPS) is 16.4. The van der Waals surface area contributed by atoms with E-state index in [0.717, 1.165) is 12.7 Å². The van der Waals surface area contributed by atoms with E-state index in [9.17, 15) is 23.1 Å². The van der Waals surface area contributed by atoms with Crippen LogP contribution in [0.3, 0.4) is 0 Å². The Morgan fingerprint density at radius 2 is 1.81 bits per heavy atom. The Bertz CT molecular complexity index is 1150. The van der Waals surface area contributed by atoms with Gasteiger partial charge >= 0.3 is 12.0 Å². The molecular weight excluding hydrogens is 424 g/mol. The van der Waals surface area contributed by atoms with E-state index >= 15 is 0 Å². The number of nitrogens with one attached hydrogen (secondary N) is 2. The molecule has 10 heteroatoms. The fraction of sp³-hybridized carbons (Fsp3) is 0.238. The second kappa shape index (κ2) is 8.68. The highest BCUT2D eigenvalue weighted by atomic mass is 32.2. The molecule has 1 unspecified atom stereocenters. The van der Waals surface area contributed by atoms with Crippen LogP contribution in [0.4, 0.5) is 4.79 Å². The van der Waals surface area contributed by atoms with Gasteiger partial charge in [0.2, 0.25) is 0 Å². The Labute approximate surface area is 179 Å². The fourth-order valence-electron chi connectivity index (χ4n) is 3.23. The van der Waals surface area contributed by atoms with Crippen LogP contribution in [0.2, 0.25) is 0 Å². The number of methoxy groups -OCH3 is 2. The summed E-state index contributed by atoms with van der Waals surface area (Å²) in [7, 11) is -1.36. The van der Waals surface area contributed by atoms with E-state index in [4.69, 9.17) is 9.47 Å². The number of aromatic hydroxyl groups is 1. The fourth-order valence-corrected chi connectivity index (χ4v) is 4.55. The molecule has 0 bridgehead atoms. The predicted octanol–water partition coefficient (Wildman–Crippen LogP) is 1.96. The Kier molecular flexibility index (Phi) is 6.21. The molecule has 0 saturated carbocycles. The van der Waals surface area contributed by atoms with E-state index in [0.29, 0.717) is 5.56 Å². The maximum Gasteiger partial charge on any atom is 0.338 e. The molecule has 3 N–H and O–H groups in total. The smallest absolute Gasteiger partial charge is 0.338 e. The first kappa shape index (κ1) is 22.2. The molecule has 0 saturated heterocycles. The molecule has 9 nitrogen and oxygen atoms in total. The number of hydrogen-bond acceptors (Lipinski definition) is 7. The van der Waals surface area contributed by atoms with E-state index in [1.165, 1.54) is 37.4 Å². The Morgan fingerprint density at radius 3 is 2.42 bits per heavy atom. The molecule has 31 heavy (non-hydrogen) atoms. The molecule has 1 aliphatic heterocycles. The third-order valence-corrected chi connectivity index (χ3v) is 6.47. The molecule has 0 spiro atoms. The second-order valence-corrected chi connectivity index (χ2v) is 8.91. The molecule has 164 valence electrons. The highest BCUT2D eigenvalue weighted by Gasteiger charge is 2.35. The van der Waals surface area contributed by atoms with Gasteiger partial charge in [-0.2, -0.15) is 0 Å². The minimum Gasteiger partial charge on any atom is -0.504 e. The molecule has 2 aromatic rings. The lowest BCUT2D eigenvalue weighted by atomic mass is 9.95. The SMILES string of the molecule is COC(=O)C1=C(CS(=O)(=O)c2ccc(C)cc2)NC(=O)NC1c1ccc(O)c(OC)c1. The van der Waals surface area contributed by atoms with Crippen molar-refractivity contribution in [1.29, 1.82) is 0 Å². The summed E-state index contributed by atoms with van der Waals surface area (Å²) in [6.07, 6.45) is 0. The number of phenolic OH excluding ortho intramolecular Hbond substituents is 1. The number of benzene rings is 2. The van der Waals surface area contributed by atoms with Crippen LogP contribution in [0.15, 0.2) is 58.6 Å². The third-order valence-electron chi connectivity index (χ3n) is 4.81. The van der Waals surface area contributed by atoms with Crippen LogP contribution in [-0.2, 0) is 19.4 Å². The number of carbonyl (C=O) groups excluding carboxylic acids is 2. The van der Waals surface area contributed by atoms with Gasteiger partial charge in [0.15, 0.2) is 21.3 Å². The highest BCUT2D eigenvalue weighted by Crippen LogP contribution is 2.34. The van der Waals surface area contributed by atoms with Gasteiger partial charge in [-0.1, -0.05) is 23.8 Å². The average molecular weight is 446 g/mol. The van der Waals surface area contributed by atoms with Gasteiger partial charge in [-0.05, 0) is 36.8 Å². The first-order chi connectivity index (χ1) is 14.7. The Balaban J connectivity index is 2.11. The van der Waals surface area contributed by atoms with Crippen molar-refractivity contribution in [3.05, 3.63) is 64.9 Å². The molecule has 2 amide bonds. The lowest BCUT2D eigenvalue weighted by molar-refractivity contribution is -0.136. The zero-order chi connectivity index (χ0) is 22.8. The molecule has 0 radical (unpaired) electrons. The molecule has 2 aromatic carbocycles. The minimum atomic E-state index is -3.87. The first-order valence-corrected chi connectivity index (χ1v) is 10.9. The quantitative estimate of drug-likeness (QED) is 0.578. The first-order valence-electron chi connectivity index (χ1n) is 9.21. The minimum absolute atomic E-state index is 0.0606. The van der Waals surface area contributed by atoms with Crippen LogP contribution in [0.25, 0.3) is 0 Å². The van der Waals surface area contributed by atoms with Gasteiger partial charge in [0.1, 0.15) is 0 Å². The monoisotopic (exact) mass is 446 g/mol. The lowest BCUT2D eigenvalue weighted by Gasteiger charge is -2.29. The summed E-state index contributed by atoms with van der Waals surface area (Å²) in [5.41, 5.74) is 1.14. The molecule has 0 aromatic heterocycles. The number of hydrogen-bond donors (Lipinski definition) is 3. The van der Waals surface area contributed by atoms with Gasteiger partial charge < -0.3 is 25.2 Å². The lowest BCUT2D eigenvalue weighted by Crippen LogP contribution is -2.47. The van der Waals surface area contributed by atoms with Gasteiger partial charge in [0.05, 0.1) is 36.5 Å². The van der Waals surface area contributed by atoms with Crippen molar-refractivity contribution < 1.29 is 32.6 Å². The standard InChI is InChI=1S/C21H22N2O7S/c1-12-4-7-14(8-5-12)31(27,28)11-15-18(20(25)30-3)19(23-21(26)22-15)13-6-9-16(24)17(10-13)29-2/h4-10,19,24H,11H2,1-3H3,(H2,22,23,26). The Morgan fingerprint density at radius 1 is 1.13 bits per heavy atom. The summed E-state index contributed by atoms with van der Waals surface area (Å²) in [4.78, 5) is 25.0. The van der Waals surface area contributed by atoms with Crippen LogP contribution < -0.4 is 15.4 Å². The maximum absolute atomic E-state index is 13.0. The Hall–Kier alpha value is -3.53. The van der Waals surface area contributed by atoms with Crippen LogP contribution in [-0.4, -0.2) is 45.5 Å². The van der Waals surface area contributed by atoms with E-state index < -0.39 is 33.6 Å². The van der Waals surface area contributed by atoms with E-state index in [1.807, 2.05) is 6.92 Å². The van der Waals surface area contributed by atoms with E-state index in [2.05, 4.69) is 10.6 Å². The van der Waals surface area contributed by atoms with Gasteiger partial charge in [-0.25, -0.2) is 18.0 Å². The molecule has 0 aliphatic carbocycles. The second-order valence-electron chi connectivity index (χ2n) is 6.92. The number of ether oxygens (including phenoxy) is 2. The van der Waals surface area contributed by atoms with Crippen molar-refractivity contribution in [3.8, 4) is 11.5 Å². The van der Waals surface area contributed by atoms with Crippen LogP contribution >= 0.6 is 0 Å². The maximum atomic E-state index is 13.0. The van der Waals surface area contributed by atoms with Gasteiger partial charge in [-0.3, -0.25) is 0 Å². The molecule has 0 fully saturated rings. The van der Waals surface area contributed by atoms with E-state index in [-0.39, 0.29) is 27.7 Å². The van der Waals surface area contributed by atoms with Crippen molar-refractivity contribution in [2.45, 2.75) is 17.9 Å². The van der Waals surface area contributed by atoms with Crippen LogP contribution in [0.5, 0.6) is 11.5 Å². The number of aryl methyl sites for hydroxylation is 1. The number of rotatable bonds is 6. The zero-order valence-corrected chi connectivity index (χ0v) is 17.9. The van der Waals surface area contributed by atoms with Crippen molar-refractivity contribution in [1.82, 2.24) is 10.6 Å². The van der Waals surface area contributed by atoms with E-state index in [1.54, 1.807) is 12.1 Å². The number of amides is 2. The van der Waals surface area contributed by atoms with Crippen LogP contribution in [0.1, 0.15) is 17.2 Å². The number of carbonyl (C=O) groups is 2. The number of phenols is 1. The van der Waals surface area contributed by atoms with Crippen molar-refractivity contribution >= 4 is 21.8 Å². The number of sulfone groups is 1. The molecule has 1 atom stereocenters. The van der Waals surface area contributed by atoms with Gasteiger partial charge in [0, 0.05) is 5.70 Å². The van der Waals surface area contributed by atoms with Crippen molar-refractivity contribution in [3.63, 3.8) is 0 Å². The number of esters is 1. The highest BCUT2D eigenvalue weighted by molar-refractivity contribution is 7.91. The van der Waals surface area contributed by atoms with Gasteiger partial charge in [-0.15, -0.1) is 0 Å². The summed E-state index contributed by atoms with van der Waals surface area (Å²) in [6.45, 7) is 1.83. The van der Waals surface area contributed by atoms with Gasteiger partial charge in [0.25, 0.3) is 0 Å². The third kappa shape index (κ3) is 4.64. The van der Waals surface area contributed by atoms with Crippen molar-refractivity contribution in [2.75, 3.05) is 20.0 Å². The molecule has 3 rings (SSSR count). The zero-order valence-electron chi connectivity index (χ0n) is 17.1. The summed E-state index contributed by atoms with van der Waals surface area (Å²) < 4.78 is 35.9. The average Bonchev–Trinajstić information content (AvgIpc) is 2.73. The molecule has 1 heterocycles.